The fourth-order valence-corrected chi connectivity index (χ4v) is 4.33. The van der Waals surface area contributed by atoms with E-state index in [9.17, 15) is 0 Å². The Hall–Kier alpha value is -2.32. The largest absolute Gasteiger partial charge is 0.358 e. The minimum atomic E-state index is 0.736. The number of aromatic nitrogens is 1. The minimum Gasteiger partial charge on any atom is -0.358 e. The average molecular weight is 359 g/mol. The van der Waals surface area contributed by atoms with Crippen molar-refractivity contribution in [1.29, 1.82) is 0 Å². The van der Waals surface area contributed by atoms with Crippen LogP contribution >= 0.6 is 0 Å². The van der Waals surface area contributed by atoms with Crippen LogP contribution in [0.3, 0.4) is 0 Å². The molecular weight excluding hydrogens is 328 g/mol. The molecule has 0 amide bonds. The van der Waals surface area contributed by atoms with Crippen molar-refractivity contribution in [3.8, 4) is 11.3 Å². The molecule has 4 rings (SSSR count). The van der Waals surface area contributed by atoms with Crippen molar-refractivity contribution >= 4 is 0 Å². The lowest BCUT2D eigenvalue weighted by Crippen LogP contribution is -2.34. The van der Waals surface area contributed by atoms with E-state index in [-0.39, 0.29) is 0 Å². The number of piperidine rings is 1. The topological polar surface area (TPSA) is 19.0 Å². The van der Waals surface area contributed by atoms with Gasteiger partial charge in [-0.1, -0.05) is 60.2 Å². The van der Waals surface area contributed by atoms with Gasteiger partial charge in [-0.3, -0.25) is 0 Å². The zero-order chi connectivity index (χ0) is 18.6. The molecule has 3 aromatic rings. The van der Waals surface area contributed by atoms with Crippen LogP contribution in [0.25, 0.3) is 11.3 Å². The van der Waals surface area contributed by atoms with Crippen LogP contribution in [-0.4, -0.2) is 29.5 Å². The molecule has 0 saturated carbocycles. The maximum Gasteiger partial charge on any atom is 0.0458 e. The first-order valence-electron chi connectivity index (χ1n) is 10.2. The van der Waals surface area contributed by atoms with Crippen molar-refractivity contribution < 1.29 is 0 Å². The van der Waals surface area contributed by atoms with Crippen LogP contribution in [0.15, 0.2) is 60.7 Å². The molecule has 2 aromatic carbocycles. The Labute approximate surface area is 163 Å². The number of likely N-dealkylation sites (tertiary alicyclic amines) is 1. The summed E-state index contributed by atoms with van der Waals surface area (Å²) in [5.41, 5.74) is 8.18. The highest BCUT2D eigenvalue weighted by Crippen LogP contribution is 2.29. The molecular formula is C25H30N2. The fourth-order valence-electron chi connectivity index (χ4n) is 4.33. The normalized spacial score (nSPS) is 15.9. The van der Waals surface area contributed by atoms with Crippen molar-refractivity contribution in [3.05, 3.63) is 83.0 Å². The molecule has 27 heavy (non-hydrogen) atoms. The Bertz CT molecular complexity index is 870. The van der Waals surface area contributed by atoms with Crippen LogP contribution < -0.4 is 0 Å². The molecule has 2 heteroatoms. The molecule has 1 N–H and O–H groups in total. The maximum absolute atomic E-state index is 3.56. The summed E-state index contributed by atoms with van der Waals surface area (Å²) in [7, 11) is 0. The van der Waals surface area contributed by atoms with Crippen molar-refractivity contribution in [2.24, 2.45) is 0 Å². The zero-order valence-electron chi connectivity index (χ0n) is 16.5. The van der Waals surface area contributed by atoms with Crippen molar-refractivity contribution in [2.75, 3.05) is 19.6 Å². The molecule has 140 valence electrons. The number of nitrogens with zero attached hydrogens (tertiary/aromatic N) is 1. The molecule has 0 radical (unpaired) electrons. The van der Waals surface area contributed by atoms with Crippen molar-refractivity contribution in [2.45, 2.75) is 39.0 Å². The standard InChI is InChI=1S/C25H30N2/c1-19-7-6-10-24(17-19)21-11-14-27(15-12-21)16-13-23-18-25(26-20(23)2)22-8-4-3-5-9-22/h3-10,17-18,21,26H,11-16H2,1-2H3. The maximum atomic E-state index is 3.56. The molecule has 1 saturated heterocycles. The van der Waals surface area contributed by atoms with E-state index in [0.717, 1.165) is 18.9 Å². The third-order valence-corrected chi connectivity index (χ3v) is 6.01. The molecule has 1 fully saturated rings. The highest BCUT2D eigenvalue weighted by atomic mass is 15.1. The fraction of sp³-hybridized carbons (Fsp3) is 0.360. The summed E-state index contributed by atoms with van der Waals surface area (Å²) in [6.07, 6.45) is 3.69. The van der Waals surface area contributed by atoms with E-state index in [0.29, 0.717) is 0 Å². The van der Waals surface area contributed by atoms with Gasteiger partial charge in [-0.25, -0.2) is 0 Å². The lowest BCUT2D eigenvalue weighted by atomic mass is 9.88. The number of nitrogens with one attached hydrogen (secondary N) is 1. The molecule has 1 aromatic heterocycles. The van der Waals surface area contributed by atoms with E-state index >= 15 is 0 Å². The molecule has 1 aliphatic rings. The van der Waals surface area contributed by atoms with Gasteiger partial charge in [-0.05, 0) is 74.9 Å². The van der Waals surface area contributed by atoms with E-state index in [1.807, 2.05) is 0 Å². The van der Waals surface area contributed by atoms with Gasteiger partial charge in [0, 0.05) is 17.9 Å². The third-order valence-electron chi connectivity index (χ3n) is 6.01. The minimum absolute atomic E-state index is 0.736. The Morgan fingerprint density at radius 3 is 2.44 bits per heavy atom. The first-order valence-corrected chi connectivity index (χ1v) is 10.2. The van der Waals surface area contributed by atoms with Crippen LogP contribution in [-0.2, 0) is 6.42 Å². The Kier molecular flexibility index (Phi) is 5.45. The highest BCUT2D eigenvalue weighted by Gasteiger charge is 2.20. The Balaban J connectivity index is 1.32. The van der Waals surface area contributed by atoms with Gasteiger partial charge in [0.05, 0.1) is 0 Å². The van der Waals surface area contributed by atoms with Gasteiger partial charge in [-0.2, -0.15) is 0 Å². The molecule has 2 nitrogen and oxygen atoms in total. The van der Waals surface area contributed by atoms with E-state index in [1.54, 1.807) is 0 Å². The van der Waals surface area contributed by atoms with Gasteiger partial charge in [0.2, 0.25) is 0 Å². The van der Waals surface area contributed by atoms with Crippen LogP contribution in [0, 0.1) is 13.8 Å². The summed E-state index contributed by atoms with van der Waals surface area (Å²) < 4.78 is 0. The zero-order valence-corrected chi connectivity index (χ0v) is 16.5. The van der Waals surface area contributed by atoms with E-state index in [2.05, 4.69) is 84.4 Å². The molecule has 0 bridgehead atoms. The highest BCUT2D eigenvalue weighted by molar-refractivity contribution is 5.61. The summed E-state index contributed by atoms with van der Waals surface area (Å²) in [5, 5.41) is 0. The summed E-state index contributed by atoms with van der Waals surface area (Å²) in [5.74, 6) is 0.736. The van der Waals surface area contributed by atoms with Crippen LogP contribution in [0.1, 0.15) is 41.1 Å². The van der Waals surface area contributed by atoms with Crippen molar-refractivity contribution in [3.63, 3.8) is 0 Å². The van der Waals surface area contributed by atoms with Gasteiger partial charge < -0.3 is 9.88 Å². The lowest BCUT2D eigenvalue weighted by molar-refractivity contribution is 0.214. The molecule has 0 unspecified atom stereocenters. The van der Waals surface area contributed by atoms with Gasteiger partial charge in [0.1, 0.15) is 0 Å². The average Bonchev–Trinajstić information content (AvgIpc) is 3.08. The van der Waals surface area contributed by atoms with Gasteiger partial charge in [-0.15, -0.1) is 0 Å². The number of rotatable bonds is 5. The summed E-state index contributed by atoms with van der Waals surface area (Å²) in [4.78, 5) is 6.20. The summed E-state index contributed by atoms with van der Waals surface area (Å²) in [6.45, 7) is 7.99. The second-order valence-electron chi connectivity index (χ2n) is 7.98. The van der Waals surface area contributed by atoms with Crippen LogP contribution in [0.2, 0.25) is 0 Å². The van der Waals surface area contributed by atoms with E-state index in [4.69, 9.17) is 0 Å². The SMILES string of the molecule is Cc1cccc(C2CCN(CCc3cc(-c4ccccc4)[nH]c3C)CC2)c1. The first kappa shape index (κ1) is 18.1. The van der Waals surface area contributed by atoms with Crippen LogP contribution in [0.4, 0.5) is 0 Å². The molecule has 1 aliphatic heterocycles. The number of hydrogen-bond acceptors (Lipinski definition) is 1. The summed E-state index contributed by atoms with van der Waals surface area (Å²) in [6, 6.07) is 22.0. The summed E-state index contributed by atoms with van der Waals surface area (Å²) >= 11 is 0. The van der Waals surface area contributed by atoms with Gasteiger partial charge in [0.15, 0.2) is 0 Å². The molecule has 0 spiro atoms. The number of H-pyrrole nitrogens is 1. The van der Waals surface area contributed by atoms with E-state index < -0.39 is 0 Å². The number of aromatic amines is 1. The number of benzene rings is 2. The smallest absolute Gasteiger partial charge is 0.0458 e. The Morgan fingerprint density at radius 2 is 1.70 bits per heavy atom. The van der Waals surface area contributed by atoms with Gasteiger partial charge in [0.25, 0.3) is 0 Å². The second kappa shape index (κ2) is 8.14. The van der Waals surface area contributed by atoms with Gasteiger partial charge >= 0.3 is 0 Å². The Morgan fingerprint density at radius 1 is 0.926 bits per heavy atom. The van der Waals surface area contributed by atoms with Crippen molar-refractivity contribution in [1.82, 2.24) is 9.88 Å². The lowest BCUT2D eigenvalue weighted by Gasteiger charge is -2.32. The first-order chi connectivity index (χ1) is 13.2. The second-order valence-corrected chi connectivity index (χ2v) is 7.98. The quantitative estimate of drug-likeness (QED) is 0.618. The molecule has 0 aliphatic carbocycles. The predicted molar refractivity (Wildman–Crippen MR) is 114 cm³/mol. The molecule has 0 atom stereocenters. The number of hydrogen-bond donors (Lipinski definition) is 1. The van der Waals surface area contributed by atoms with E-state index in [1.165, 1.54) is 59.6 Å². The molecule has 2 heterocycles. The number of aryl methyl sites for hydroxylation is 2. The van der Waals surface area contributed by atoms with Crippen LogP contribution in [0.5, 0.6) is 0 Å². The monoisotopic (exact) mass is 358 g/mol. The third kappa shape index (κ3) is 4.33. The predicted octanol–water partition coefficient (Wildman–Crippen LogP) is 5.72.